The molecular formula is C30H34FNO5. The van der Waals surface area contributed by atoms with Crippen LogP contribution in [0.15, 0.2) is 67.0 Å². The Kier molecular flexibility index (Phi) is 10.4. The quantitative estimate of drug-likeness (QED) is 0.307. The first-order valence-electron chi connectivity index (χ1n) is 12.4. The van der Waals surface area contributed by atoms with Crippen LogP contribution in [0.5, 0.6) is 5.75 Å². The van der Waals surface area contributed by atoms with Crippen molar-refractivity contribution >= 4 is 12.0 Å². The first-order chi connectivity index (χ1) is 17.8. The van der Waals surface area contributed by atoms with Crippen LogP contribution < -0.4 is 4.74 Å². The minimum Gasteiger partial charge on any atom is -0.489 e. The van der Waals surface area contributed by atoms with E-state index in [9.17, 15) is 19.4 Å². The molecule has 2 N–H and O–H groups in total. The van der Waals surface area contributed by atoms with Gasteiger partial charge in [0.2, 0.25) is 0 Å². The molecule has 0 saturated carbocycles. The van der Waals surface area contributed by atoms with Gasteiger partial charge >= 0.3 is 5.97 Å². The Hall–Kier alpha value is -3.55. The molecular weight excluding hydrogens is 473 g/mol. The SMILES string of the molecule is CCOC(=O)CC(O)CC(O)C=Cc1c(-c2ccc(F)cc2)cc(OCc2ccncc2)cc1C(C)C. The summed E-state index contributed by atoms with van der Waals surface area (Å²) < 4.78 is 24.6. The van der Waals surface area contributed by atoms with Crippen LogP contribution in [0.25, 0.3) is 17.2 Å². The Morgan fingerprint density at radius 3 is 2.43 bits per heavy atom. The van der Waals surface area contributed by atoms with E-state index in [1.807, 2.05) is 30.3 Å². The third kappa shape index (κ3) is 8.51. The zero-order valence-electron chi connectivity index (χ0n) is 21.4. The predicted molar refractivity (Wildman–Crippen MR) is 141 cm³/mol. The number of aliphatic hydroxyl groups is 2. The fourth-order valence-corrected chi connectivity index (χ4v) is 3.97. The maximum atomic E-state index is 13.7. The number of rotatable bonds is 12. The van der Waals surface area contributed by atoms with Crippen LogP contribution in [0.4, 0.5) is 4.39 Å². The van der Waals surface area contributed by atoms with Crippen molar-refractivity contribution in [1.82, 2.24) is 4.98 Å². The molecule has 0 bridgehead atoms. The molecule has 37 heavy (non-hydrogen) atoms. The minimum absolute atomic E-state index is 0.00860. The third-order valence-corrected chi connectivity index (χ3v) is 5.82. The first kappa shape index (κ1) is 28.0. The van der Waals surface area contributed by atoms with Crippen LogP contribution in [-0.2, 0) is 16.1 Å². The standard InChI is InChI=1S/C30H34FNO5/c1-4-36-30(35)16-25(34)15-24(33)9-10-27-28(20(2)3)17-26(37-19-21-11-13-32-14-12-21)18-29(27)22-5-7-23(31)8-6-22/h5-14,17-18,20,24-25,33-34H,4,15-16,19H2,1-3H3. The van der Waals surface area contributed by atoms with Gasteiger partial charge in [-0.25, -0.2) is 4.39 Å². The summed E-state index contributed by atoms with van der Waals surface area (Å²) in [5.74, 6) is -0.0486. The number of aliphatic hydroxyl groups excluding tert-OH is 2. The monoisotopic (exact) mass is 507 g/mol. The zero-order chi connectivity index (χ0) is 26.8. The molecule has 2 unspecified atom stereocenters. The summed E-state index contributed by atoms with van der Waals surface area (Å²) >= 11 is 0. The molecule has 196 valence electrons. The normalized spacial score (nSPS) is 13.1. The number of pyridine rings is 1. The molecule has 0 spiro atoms. The maximum absolute atomic E-state index is 13.7. The fraction of sp³-hybridized carbons (Fsp3) is 0.333. The molecule has 1 aromatic heterocycles. The maximum Gasteiger partial charge on any atom is 0.308 e. The van der Waals surface area contributed by atoms with E-state index in [4.69, 9.17) is 9.47 Å². The van der Waals surface area contributed by atoms with E-state index in [1.165, 1.54) is 12.1 Å². The summed E-state index contributed by atoms with van der Waals surface area (Å²) in [6, 6.07) is 13.9. The topological polar surface area (TPSA) is 88.9 Å². The molecule has 2 aromatic carbocycles. The van der Waals surface area contributed by atoms with E-state index in [-0.39, 0.29) is 31.2 Å². The molecule has 0 amide bonds. The molecule has 0 saturated heterocycles. The second-order valence-electron chi connectivity index (χ2n) is 9.10. The van der Waals surface area contributed by atoms with Gasteiger partial charge < -0.3 is 19.7 Å². The molecule has 3 rings (SSSR count). The smallest absolute Gasteiger partial charge is 0.308 e. The Morgan fingerprint density at radius 2 is 1.78 bits per heavy atom. The Bertz CT molecular complexity index is 1180. The molecule has 0 aliphatic rings. The second-order valence-corrected chi connectivity index (χ2v) is 9.10. The van der Waals surface area contributed by atoms with E-state index in [1.54, 1.807) is 37.5 Å². The number of halogens is 1. The highest BCUT2D eigenvalue weighted by atomic mass is 19.1. The summed E-state index contributed by atoms with van der Waals surface area (Å²) in [7, 11) is 0. The van der Waals surface area contributed by atoms with Crippen molar-refractivity contribution in [2.45, 2.75) is 58.3 Å². The highest BCUT2D eigenvalue weighted by Crippen LogP contribution is 2.36. The molecule has 0 fully saturated rings. The largest absolute Gasteiger partial charge is 0.489 e. The number of carbonyl (C=O) groups is 1. The number of hydrogen-bond donors (Lipinski definition) is 2. The van der Waals surface area contributed by atoms with Crippen LogP contribution >= 0.6 is 0 Å². The van der Waals surface area contributed by atoms with Crippen LogP contribution in [-0.4, -0.2) is 40.0 Å². The van der Waals surface area contributed by atoms with Crippen LogP contribution in [0.2, 0.25) is 0 Å². The van der Waals surface area contributed by atoms with Crippen molar-refractivity contribution < 1.29 is 28.9 Å². The first-order valence-corrected chi connectivity index (χ1v) is 12.4. The summed E-state index contributed by atoms with van der Waals surface area (Å²) in [6.45, 7) is 6.43. The highest BCUT2D eigenvalue weighted by Gasteiger charge is 2.17. The van der Waals surface area contributed by atoms with Gasteiger partial charge in [-0.05, 0) is 77.1 Å². The van der Waals surface area contributed by atoms with Crippen LogP contribution in [0.1, 0.15) is 56.2 Å². The van der Waals surface area contributed by atoms with Gasteiger partial charge in [0.15, 0.2) is 0 Å². The van der Waals surface area contributed by atoms with Gasteiger partial charge in [0.05, 0.1) is 25.2 Å². The van der Waals surface area contributed by atoms with Crippen LogP contribution in [0, 0.1) is 5.82 Å². The minimum atomic E-state index is -1.02. The van der Waals surface area contributed by atoms with Gasteiger partial charge in [0.1, 0.15) is 18.2 Å². The average Bonchev–Trinajstić information content (AvgIpc) is 2.87. The highest BCUT2D eigenvalue weighted by molar-refractivity contribution is 5.79. The number of aromatic nitrogens is 1. The lowest BCUT2D eigenvalue weighted by molar-refractivity contribution is -0.145. The lowest BCUT2D eigenvalue weighted by atomic mass is 9.89. The van der Waals surface area contributed by atoms with Gasteiger partial charge in [-0.2, -0.15) is 0 Å². The number of ether oxygens (including phenoxy) is 2. The molecule has 1 heterocycles. The number of hydrogen-bond acceptors (Lipinski definition) is 6. The Labute approximate surface area is 217 Å². The number of esters is 1. The Morgan fingerprint density at radius 1 is 1.08 bits per heavy atom. The third-order valence-electron chi connectivity index (χ3n) is 5.82. The van der Waals surface area contributed by atoms with Gasteiger partial charge in [-0.1, -0.05) is 38.1 Å². The zero-order valence-corrected chi connectivity index (χ0v) is 21.4. The summed E-state index contributed by atoms with van der Waals surface area (Å²) in [5.41, 5.74) is 4.46. The molecule has 0 aliphatic carbocycles. The average molecular weight is 508 g/mol. The van der Waals surface area contributed by atoms with Crippen molar-refractivity contribution in [1.29, 1.82) is 0 Å². The van der Waals surface area contributed by atoms with E-state index < -0.39 is 18.2 Å². The van der Waals surface area contributed by atoms with E-state index in [2.05, 4.69) is 18.8 Å². The van der Waals surface area contributed by atoms with Gasteiger partial charge in [-0.3, -0.25) is 9.78 Å². The van der Waals surface area contributed by atoms with Crippen molar-refractivity contribution in [2.24, 2.45) is 0 Å². The van der Waals surface area contributed by atoms with Gasteiger partial charge in [0, 0.05) is 18.8 Å². The van der Waals surface area contributed by atoms with E-state index in [0.29, 0.717) is 12.4 Å². The van der Waals surface area contributed by atoms with Crippen molar-refractivity contribution in [3.63, 3.8) is 0 Å². The lowest BCUT2D eigenvalue weighted by Crippen LogP contribution is -2.20. The van der Waals surface area contributed by atoms with Crippen molar-refractivity contribution in [2.75, 3.05) is 6.61 Å². The number of nitrogens with zero attached hydrogens (tertiary/aromatic N) is 1. The van der Waals surface area contributed by atoms with Crippen LogP contribution in [0.3, 0.4) is 0 Å². The molecule has 7 heteroatoms. The van der Waals surface area contributed by atoms with E-state index in [0.717, 1.165) is 27.8 Å². The van der Waals surface area contributed by atoms with Gasteiger partial charge in [-0.15, -0.1) is 0 Å². The van der Waals surface area contributed by atoms with Crippen molar-refractivity contribution in [3.8, 4) is 16.9 Å². The molecule has 0 radical (unpaired) electrons. The van der Waals surface area contributed by atoms with Crippen molar-refractivity contribution in [3.05, 3.63) is 89.5 Å². The fourth-order valence-electron chi connectivity index (χ4n) is 3.97. The Balaban J connectivity index is 1.92. The van der Waals surface area contributed by atoms with E-state index >= 15 is 0 Å². The molecule has 6 nitrogen and oxygen atoms in total. The predicted octanol–water partition coefficient (Wildman–Crippen LogP) is 5.67. The number of benzene rings is 2. The lowest BCUT2D eigenvalue weighted by Gasteiger charge is -2.19. The second kappa shape index (κ2) is 13.7. The van der Waals surface area contributed by atoms with Gasteiger partial charge in [0.25, 0.3) is 0 Å². The summed E-state index contributed by atoms with van der Waals surface area (Å²) in [6.07, 6.45) is 4.64. The molecule has 0 aliphatic heterocycles. The molecule has 2 atom stereocenters. The summed E-state index contributed by atoms with van der Waals surface area (Å²) in [5, 5.41) is 20.7. The summed E-state index contributed by atoms with van der Waals surface area (Å²) in [4.78, 5) is 15.6. The number of carbonyl (C=O) groups excluding carboxylic acids is 1. The molecule has 3 aromatic rings.